The Kier molecular flexibility index (Phi) is 2.00. The third-order valence-electron chi connectivity index (χ3n) is 1.98. The number of pyridine rings is 1. The van der Waals surface area contributed by atoms with Gasteiger partial charge in [-0.15, -0.1) is 0 Å². The van der Waals surface area contributed by atoms with Gasteiger partial charge >= 0.3 is 0 Å². The molecule has 0 unspecified atom stereocenters. The third kappa shape index (κ3) is 1.69. The Hall–Kier alpha value is -1.38. The molecule has 0 aromatic carbocycles. The number of rotatable bonds is 2. The van der Waals surface area contributed by atoms with E-state index in [2.05, 4.69) is 41.2 Å². The highest BCUT2D eigenvalue weighted by Gasteiger charge is 2.01. The quantitative estimate of drug-likeness (QED) is 0.759. The van der Waals surface area contributed by atoms with Gasteiger partial charge in [-0.05, 0) is 24.5 Å². The Morgan fingerprint density at radius 3 is 3.00 bits per heavy atom. The Balaban J connectivity index is 2.37. The zero-order valence-corrected chi connectivity index (χ0v) is 7.91. The van der Waals surface area contributed by atoms with Crippen LogP contribution in [0.15, 0.2) is 18.3 Å². The number of fused-ring (bicyclic) bond motifs is 1. The summed E-state index contributed by atoms with van der Waals surface area (Å²) in [6.45, 7) is 4.39. The van der Waals surface area contributed by atoms with E-state index in [0.717, 1.165) is 23.1 Å². The zero-order valence-electron chi connectivity index (χ0n) is 7.91. The largest absolute Gasteiger partial charge is 0.261 e. The summed E-state index contributed by atoms with van der Waals surface area (Å²) in [4.78, 5) is 4.46. The molecule has 0 fully saturated rings. The Bertz CT molecular complexity index is 403. The van der Waals surface area contributed by atoms with Gasteiger partial charge in [0.25, 0.3) is 0 Å². The van der Waals surface area contributed by atoms with Crippen molar-refractivity contribution < 1.29 is 0 Å². The Morgan fingerprint density at radius 2 is 2.23 bits per heavy atom. The van der Waals surface area contributed by atoms with Gasteiger partial charge in [-0.3, -0.25) is 5.10 Å². The average molecular weight is 175 g/mol. The van der Waals surface area contributed by atoms with Crippen LogP contribution in [0, 0.1) is 5.92 Å². The molecule has 0 radical (unpaired) electrons. The average Bonchev–Trinajstić information content (AvgIpc) is 2.49. The summed E-state index contributed by atoms with van der Waals surface area (Å²) in [6, 6.07) is 4.13. The fourth-order valence-corrected chi connectivity index (χ4v) is 1.40. The van der Waals surface area contributed by atoms with E-state index in [1.54, 1.807) is 6.20 Å². The molecule has 0 saturated heterocycles. The molecule has 13 heavy (non-hydrogen) atoms. The molecule has 0 spiro atoms. The van der Waals surface area contributed by atoms with Crippen LogP contribution in [0.2, 0.25) is 0 Å². The molecule has 68 valence electrons. The first-order valence-corrected chi connectivity index (χ1v) is 4.54. The number of nitrogens with one attached hydrogen (secondary N) is 1. The van der Waals surface area contributed by atoms with Gasteiger partial charge < -0.3 is 0 Å². The van der Waals surface area contributed by atoms with Gasteiger partial charge in [-0.25, -0.2) is 4.98 Å². The van der Waals surface area contributed by atoms with Crippen molar-refractivity contribution in [2.45, 2.75) is 20.3 Å². The lowest BCUT2D eigenvalue weighted by Gasteiger charge is -2.02. The molecule has 0 bridgehead atoms. The number of nitrogens with zero attached hydrogens (tertiary/aromatic N) is 2. The van der Waals surface area contributed by atoms with Crippen molar-refractivity contribution in [3.05, 3.63) is 24.0 Å². The molecule has 2 heterocycles. The van der Waals surface area contributed by atoms with E-state index in [-0.39, 0.29) is 0 Å². The lowest BCUT2D eigenvalue weighted by atomic mass is 10.1. The second-order valence-corrected chi connectivity index (χ2v) is 3.71. The summed E-state index contributed by atoms with van der Waals surface area (Å²) in [6.07, 6.45) is 2.82. The summed E-state index contributed by atoms with van der Waals surface area (Å²) in [7, 11) is 0. The molecule has 2 rings (SSSR count). The fourth-order valence-electron chi connectivity index (χ4n) is 1.40. The maximum Gasteiger partial charge on any atom is 0.155 e. The molecule has 1 N–H and O–H groups in total. The predicted molar refractivity (Wildman–Crippen MR) is 52.4 cm³/mol. The van der Waals surface area contributed by atoms with Crippen LogP contribution >= 0.6 is 0 Å². The molecule has 2 aromatic heterocycles. The second-order valence-electron chi connectivity index (χ2n) is 3.71. The molecule has 0 aliphatic rings. The van der Waals surface area contributed by atoms with Crippen molar-refractivity contribution in [3.8, 4) is 0 Å². The van der Waals surface area contributed by atoms with E-state index in [1.807, 2.05) is 0 Å². The zero-order chi connectivity index (χ0) is 9.26. The Labute approximate surface area is 77.2 Å². The lowest BCUT2D eigenvalue weighted by molar-refractivity contribution is 0.636. The van der Waals surface area contributed by atoms with E-state index in [4.69, 9.17) is 0 Å². The molecule has 3 nitrogen and oxygen atoms in total. The van der Waals surface area contributed by atoms with Crippen LogP contribution in [-0.4, -0.2) is 15.2 Å². The molecule has 3 heteroatoms. The van der Waals surface area contributed by atoms with Gasteiger partial charge in [0.1, 0.15) is 0 Å². The minimum Gasteiger partial charge on any atom is -0.261 e. The van der Waals surface area contributed by atoms with Gasteiger partial charge in [0.15, 0.2) is 5.65 Å². The first-order chi connectivity index (χ1) is 6.25. The standard InChI is InChI=1S/C10H13N3/c1-7(2)5-9-4-3-8-6-11-13-10(8)12-9/h3-4,6-7H,5H2,1-2H3,(H,11,12,13). The summed E-state index contributed by atoms with van der Waals surface area (Å²) >= 11 is 0. The predicted octanol–water partition coefficient (Wildman–Crippen LogP) is 2.16. The van der Waals surface area contributed by atoms with E-state index < -0.39 is 0 Å². The monoisotopic (exact) mass is 175 g/mol. The van der Waals surface area contributed by atoms with E-state index in [9.17, 15) is 0 Å². The summed E-state index contributed by atoms with van der Waals surface area (Å²) < 4.78 is 0. The van der Waals surface area contributed by atoms with Gasteiger partial charge in [-0.1, -0.05) is 13.8 Å². The van der Waals surface area contributed by atoms with E-state index in [1.165, 1.54) is 0 Å². The second kappa shape index (κ2) is 3.17. The molecule has 0 aliphatic heterocycles. The number of hydrogen-bond donors (Lipinski definition) is 1. The molecule has 0 atom stereocenters. The summed E-state index contributed by atoms with van der Waals surface area (Å²) in [5, 5.41) is 7.88. The molecule has 2 aromatic rings. The number of H-pyrrole nitrogens is 1. The van der Waals surface area contributed by atoms with Crippen LogP contribution in [-0.2, 0) is 6.42 Å². The normalized spacial score (nSPS) is 11.3. The molecule has 0 aliphatic carbocycles. The van der Waals surface area contributed by atoms with Crippen molar-refractivity contribution in [2.75, 3.05) is 0 Å². The van der Waals surface area contributed by atoms with Crippen molar-refractivity contribution in [3.63, 3.8) is 0 Å². The van der Waals surface area contributed by atoms with Crippen molar-refractivity contribution >= 4 is 11.0 Å². The van der Waals surface area contributed by atoms with Crippen LogP contribution in [0.4, 0.5) is 0 Å². The summed E-state index contributed by atoms with van der Waals surface area (Å²) in [5.74, 6) is 0.646. The van der Waals surface area contributed by atoms with E-state index >= 15 is 0 Å². The SMILES string of the molecule is CC(C)Cc1ccc2cn[nH]c2n1. The third-order valence-corrected chi connectivity index (χ3v) is 1.98. The smallest absolute Gasteiger partial charge is 0.155 e. The molecular weight excluding hydrogens is 162 g/mol. The lowest BCUT2D eigenvalue weighted by Crippen LogP contribution is -1.96. The highest BCUT2D eigenvalue weighted by molar-refractivity contribution is 5.73. The van der Waals surface area contributed by atoms with Crippen LogP contribution in [0.1, 0.15) is 19.5 Å². The Morgan fingerprint density at radius 1 is 1.38 bits per heavy atom. The minimum atomic E-state index is 0.646. The minimum absolute atomic E-state index is 0.646. The molecular formula is C10H13N3. The van der Waals surface area contributed by atoms with Crippen LogP contribution < -0.4 is 0 Å². The maximum atomic E-state index is 4.46. The topological polar surface area (TPSA) is 41.6 Å². The number of aromatic nitrogens is 3. The van der Waals surface area contributed by atoms with Crippen molar-refractivity contribution in [1.29, 1.82) is 0 Å². The van der Waals surface area contributed by atoms with Crippen LogP contribution in [0.5, 0.6) is 0 Å². The maximum absolute atomic E-state index is 4.46. The summed E-state index contributed by atoms with van der Waals surface area (Å²) in [5.41, 5.74) is 2.02. The number of hydrogen-bond acceptors (Lipinski definition) is 2. The van der Waals surface area contributed by atoms with Gasteiger partial charge in [-0.2, -0.15) is 5.10 Å². The van der Waals surface area contributed by atoms with Gasteiger partial charge in [0, 0.05) is 11.1 Å². The fraction of sp³-hybridized carbons (Fsp3) is 0.400. The first kappa shape index (κ1) is 8.23. The van der Waals surface area contributed by atoms with Crippen molar-refractivity contribution in [2.24, 2.45) is 5.92 Å². The molecule has 0 saturated carbocycles. The van der Waals surface area contributed by atoms with Gasteiger partial charge in [0.2, 0.25) is 0 Å². The highest BCUT2D eigenvalue weighted by atomic mass is 15.1. The number of aromatic amines is 1. The van der Waals surface area contributed by atoms with Crippen molar-refractivity contribution in [1.82, 2.24) is 15.2 Å². The molecule has 0 amide bonds. The highest BCUT2D eigenvalue weighted by Crippen LogP contribution is 2.11. The first-order valence-electron chi connectivity index (χ1n) is 4.54. The van der Waals surface area contributed by atoms with E-state index in [0.29, 0.717) is 5.92 Å². The van der Waals surface area contributed by atoms with Gasteiger partial charge in [0.05, 0.1) is 6.20 Å². The van der Waals surface area contributed by atoms with Crippen LogP contribution in [0.3, 0.4) is 0 Å². The van der Waals surface area contributed by atoms with Crippen LogP contribution in [0.25, 0.3) is 11.0 Å².